The van der Waals surface area contributed by atoms with Crippen LogP contribution in [0.25, 0.3) is 0 Å². The van der Waals surface area contributed by atoms with Crippen LogP contribution in [0.1, 0.15) is 67.3 Å². The highest BCUT2D eigenvalue weighted by Gasteiger charge is 2.41. The fourth-order valence-corrected chi connectivity index (χ4v) is 7.76. The number of rotatable bonds is 12. The van der Waals surface area contributed by atoms with E-state index >= 15 is 0 Å². The normalized spacial score (nSPS) is 17.2. The summed E-state index contributed by atoms with van der Waals surface area (Å²) >= 11 is 3.06. The molecule has 4 heterocycles. The number of thiazole rings is 2. The number of ether oxygens (including phenoxy) is 2. The Hall–Kier alpha value is -5.20. The number of nitrogens with two attached hydrogens (primary N) is 1. The minimum atomic E-state index is -0.0133. The first-order valence-electron chi connectivity index (χ1n) is 17.4. The van der Waals surface area contributed by atoms with E-state index in [0.29, 0.717) is 48.4 Å². The molecule has 2 aliphatic rings. The molecule has 2 saturated heterocycles. The van der Waals surface area contributed by atoms with E-state index in [1.165, 1.54) is 28.0 Å². The van der Waals surface area contributed by atoms with Gasteiger partial charge < -0.3 is 25.4 Å². The van der Waals surface area contributed by atoms with Crippen LogP contribution in [0.3, 0.4) is 0 Å². The molecule has 52 heavy (non-hydrogen) atoms. The minimum Gasteiger partial charge on any atom is -0.378 e. The molecule has 0 radical (unpaired) electrons. The van der Waals surface area contributed by atoms with Gasteiger partial charge in [-0.15, -0.1) is 22.7 Å². The van der Waals surface area contributed by atoms with Gasteiger partial charge in [-0.3, -0.25) is 4.79 Å². The van der Waals surface area contributed by atoms with E-state index in [0.717, 1.165) is 47.2 Å². The molecule has 4 aromatic carbocycles. The second kappa shape index (κ2) is 15.6. The zero-order valence-corrected chi connectivity index (χ0v) is 30.1. The van der Waals surface area contributed by atoms with Gasteiger partial charge in [0.15, 0.2) is 16.9 Å². The third kappa shape index (κ3) is 8.29. The molecule has 3 N–H and O–H groups in total. The number of benzene rings is 4. The third-order valence-electron chi connectivity index (χ3n) is 9.16. The second-order valence-corrected chi connectivity index (χ2v) is 14.6. The number of guanidine groups is 1. The predicted octanol–water partition coefficient (Wildman–Crippen LogP) is 7.72. The Labute approximate surface area is 310 Å². The third-order valence-corrected chi connectivity index (χ3v) is 10.8. The molecule has 2 aromatic heterocycles. The van der Waals surface area contributed by atoms with E-state index in [1.54, 1.807) is 11.3 Å². The van der Waals surface area contributed by atoms with Crippen molar-refractivity contribution >= 4 is 44.7 Å². The number of carbonyl (C=O) groups is 1. The molecule has 9 nitrogen and oxygen atoms in total. The van der Waals surface area contributed by atoms with Crippen LogP contribution < -0.4 is 11.1 Å². The summed E-state index contributed by atoms with van der Waals surface area (Å²) in [6.45, 7) is 3.37. The number of nitrogens with one attached hydrogen (secondary N) is 1. The molecule has 0 amide bonds. The summed E-state index contributed by atoms with van der Waals surface area (Å²) in [7, 11) is 0. The van der Waals surface area contributed by atoms with E-state index in [1.807, 2.05) is 64.9 Å². The molecular weight excluding hydrogens is 689 g/mol. The van der Waals surface area contributed by atoms with Crippen molar-refractivity contribution in [1.29, 1.82) is 0 Å². The Kier molecular flexibility index (Phi) is 10.2. The summed E-state index contributed by atoms with van der Waals surface area (Å²) < 4.78 is 11.4. The minimum absolute atomic E-state index is 0.0133. The largest absolute Gasteiger partial charge is 0.378 e. The van der Waals surface area contributed by atoms with Gasteiger partial charge in [0, 0.05) is 54.4 Å². The van der Waals surface area contributed by atoms with Crippen molar-refractivity contribution in [3.05, 3.63) is 164 Å². The van der Waals surface area contributed by atoms with E-state index < -0.39 is 0 Å². The van der Waals surface area contributed by atoms with E-state index in [-0.39, 0.29) is 18.0 Å². The average molecular weight is 727 g/mol. The molecule has 0 bridgehead atoms. The van der Waals surface area contributed by atoms with Crippen molar-refractivity contribution in [3.8, 4) is 0 Å². The van der Waals surface area contributed by atoms with Crippen LogP contribution in [0.4, 0.5) is 10.3 Å². The fourth-order valence-electron chi connectivity index (χ4n) is 6.36. The molecule has 2 fully saturated rings. The van der Waals surface area contributed by atoms with Crippen molar-refractivity contribution in [1.82, 2.24) is 14.9 Å². The van der Waals surface area contributed by atoms with Crippen LogP contribution in [0.15, 0.2) is 119 Å². The van der Waals surface area contributed by atoms with Crippen LogP contribution in [-0.2, 0) is 28.9 Å². The maximum Gasteiger partial charge on any atom is 0.212 e. The van der Waals surface area contributed by atoms with Gasteiger partial charge in [0.25, 0.3) is 0 Å². The van der Waals surface area contributed by atoms with Crippen LogP contribution >= 0.6 is 22.7 Å². The summed E-state index contributed by atoms with van der Waals surface area (Å²) in [6.07, 6.45) is 1.60. The molecule has 2 aliphatic heterocycles. The lowest BCUT2D eigenvalue weighted by molar-refractivity contribution is 0.0675. The van der Waals surface area contributed by atoms with Crippen molar-refractivity contribution in [3.63, 3.8) is 0 Å². The lowest BCUT2D eigenvalue weighted by Gasteiger charge is -2.27. The van der Waals surface area contributed by atoms with Gasteiger partial charge in [0.1, 0.15) is 12.2 Å². The van der Waals surface area contributed by atoms with Gasteiger partial charge in [-0.2, -0.15) is 4.99 Å². The molecule has 11 heteroatoms. The SMILES string of the molecule is NC(=Nc1nc(Cc2cccc(C(=O)c3ccc(CNc4nc(Cc5cccc(C6OC6c6ccccc6)c5)cs4)cc3)c2)cs1)N1CCOCC1. The monoisotopic (exact) mass is 726 g/mol. The first-order valence-corrected chi connectivity index (χ1v) is 19.1. The summed E-state index contributed by atoms with van der Waals surface area (Å²) in [6, 6.07) is 34.5. The zero-order valence-electron chi connectivity index (χ0n) is 28.5. The lowest BCUT2D eigenvalue weighted by Crippen LogP contribution is -2.44. The summed E-state index contributed by atoms with van der Waals surface area (Å²) in [5, 5.41) is 9.04. The quantitative estimate of drug-likeness (QED) is 0.0570. The Balaban J connectivity index is 0.831. The summed E-state index contributed by atoms with van der Waals surface area (Å²) in [4.78, 5) is 29.4. The van der Waals surface area contributed by atoms with Gasteiger partial charge >= 0.3 is 0 Å². The molecule has 2 atom stereocenters. The Morgan fingerprint density at radius 1 is 0.769 bits per heavy atom. The van der Waals surface area contributed by atoms with Crippen LogP contribution in [-0.4, -0.2) is 52.9 Å². The maximum atomic E-state index is 13.4. The van der Waals surface area contributed by atoms with Crippen molar-refractivity contribution < 1.29 is 14.3 Å². The molecule has 0 aliphatic carbocycles. The number of hydrogen-bond acceptors (Lipinski definition) is 9. The highest BCUT2D eigenvalue weighted by Crippen LogP contribution is 2.50. The van der Waals surface area contributed by atoms with Crippen LogP contribution in [0, 0.1) is 0 Å². The standard InChI is InChI=1S/C41H38N6O3S2/c42-39(47-16-18-49-19-17-47)46-41-45-35(26-52-41)22-28-6-4-10-32(20-28)36(48)30-14-12-27(13-15-30)24-43-40-44-34(25-51-40)23-29-7-5-11-33(21-29)38-37(50-38)31-8-2-1-3-9-31/h1-15,20-21,25-26,37-38H,16-19,22-24H2,(H,43,44)(H2,42,45,46). The number of nitrogens with zero attached hydrogens (tertiary/aromatic N) is 4. The van der Waals surface area contributed by atoms with Crippen molar-refractivity contribution in [2.75, 3.05) is 31.6 Å². The van der Waals surface area contributed by atoms with Gasteiger partial charge in [-0.25, -0.2) is 9.97 Å². The van der Waals surface area contributed by atoms with Gasteiger partial charge in [-0.05, 0) is 33.9 Å². The van der Waals surface area contributed by atoms with Crippen LogP contribution in [0.2, 0.25) is 0 Å². The van der Waals surface area contributed by atoms with Crippen molar-refractivity contribution in [2.24, 2.45) is 10.7 Å². The summed E-state index contributed by atoms with van der Waals surface area (Å²) in [5.41, 5.74) is 15.1. The number of ketones is 1. The second-order valence-electron chi connectivity index (χ2n) is 12.9. The average Bonchev–Trinajstić information content (AvgIpc) is 3.68. The Morgan fingerprint density at radius 2 is 1.46 bits per heavy atom. The first-order chi connectivity index (χ1) is 25.5. The number of epoxide rings is 1. The van der Waals surface area contributed by atoms with Crippen LogP contribution in [0.5, 0.6) is 0 Å². The molecule has 0 spiro atoms. The van der Waals surface area contributed by atoms with E-state index in [2.05, 4.69) is 69.2 Å². The number of anilines is 1. The Bertz CT molecular complexity index is 2180. The van der Waals surface area contributed by atoms with Gasteiger partial charge in [0.2, 0.25) is 5.13 Å². The maximum absolute atomic E-state index is 13.4. The Morgan fingerprint density at radius 3 is 2.27 bits per heavy atom. The number of aromatic nitrogens is 2. The van der Waals surface area contributed by atoms with E-state index in [4.69, 9.17) is 20.2 Å². The summed E-state index contributed by atoms with van der Waals surface area (Å²) in [5.74, 6) is 0.451. The predicted molar refractivity (Wildman–Crippen MR) is 207 cm³/mol. The molecule has 6 aromatic rings. The van der Waals surface area contributed by atoms with E-state index in [9.17, 15) is 4.79 Å². The molecule has 8 rings (SSSR count). The topological polar surface area (TPSA) is 118 Å². The van der Waals surface area contributed by atoms with Gasteiger partial charge in [-0.1, -0.05) is 97.1 Å². The molecule has 262 valence electrons. The zero-order chi connectivity index (χ0) is 35.3. The number of aliphatic imine (C=N–C) groups is 1. The number of carbonyl (C=O) groups excluding carboxylic acids is 1. The number of morpholine rings is 1. The lowest BCUT2D eigenvalue weighted by atomic mass is 9.99. The smallest absolute Gasteiger partial charge is 0.212 e. The fraction of sp³-hybridized carbons (Fsp3) is 0.220. The van der Waals surface area contributed by atoms with Gasteiger partial charge in [0.05, 0.1) is 24.6 Å². The highest BCUT2D eigenvalue weighted by molar-refractivity contribution is 7.13. The molecule has 2 unspecified atom stereocenters. The highest BCUT2D eigenvalue weighted by atomic mass is 32.1. The molecule has 0 saturated carbocycles. The van der Waals surface area contributed by atoms with Crippen molar-refractivity contribution in [2.45, 2.75) is 31.6 Å². The molecular formula is C41H38N6O3S2. The first kappa shape index (κ1) is 33.9. The number of hydrogen-bond donors (Lipinski definition) is 2.